The molecule has 1 unspecified atom stereocenters. The van der Waals surface area contributed by atoms with Crippen LogP contribution >= 0.6 is 0 Å². The molecule has 0 amide bonds. The maximum Gasteiger partial charge on any atom is 0.0635 e. The largest absolute Gasteiger partial charge is 0.378 e. The van der Waals surface area contributed by atoms with Crippen molar-refractivity contribution < 1.29 is 4.74 Å². The Bertz CT molecular complexity index is 182. The van der Waals surface area contributed by atoms with Gasteiger partial charge in [-0.05, 0) is 19.9 Å². The number of hydrogen-bond donors (Lipinski definition) is 1. The van der Waals surface area contributed by atoms with E-state index in [4.69, 9.17) is 4.74 Å². The van der Waals surface area contributed by atoms with Crippen molar-refractivity contribution in [1.82, 2.24) is 10.2 Å². The second-order valence-corrected chi connectivity index (χ2v) is 4.00. The highest BCUT2D eigenvalue weighted by Crippen LogP contribution is 2.05. The summed E-state index contributed by atoms with van der Waals surface area (Å²) in [5.74, 6) is 0. The normalized spacial score (nSPS) is 23.7. The summed E-state index contributed by atoms with van der Waals surface area (Å²) in [6.45, 7) is 10.3. The van der Waals surface area contributed by atoms with Crippen molar-refractivity contribution in [2.24, 2.45) is 0 Å². The van der Waals surface area contributed by atoms with Gasteiger partial charge in [0.1, 0.15) is 0 Å². The van der Waals surface area contributed by atoms with Crippen LogP contribution < -0.4 is 5.32 Å². The van der Waals surface area contributed by atoms with Crippen molar-refractivity contribution >= 4 is 0 Å². The van der Waals surface area contributed by atoms with Crippen molar-refractivity contribution in [3.8, 4) is 0 Å². The second-order valence-electron chi connectivity index (χ2n) is 4.00. The van der Waals surface area contributed by atoms with Gasteiger partial charge >= 0.3 is 0 Å². The molecule has 0 bridgehead atoms. The summed E-state index contributed by atoms with van der Waals surface area (Å²) in [5.41, 5.74) is 0. The lowest BCUT2D eigenvalue weighted by molar-refractivity contribution is -0.000963. The van der Waals surface area contributed by atoms with Crippen LogP contribution in [0.25, 0.3) is 0 Å². The molecule has 1 heterocycles. The molecule has 3 heteroatoms. The lowest BCUT2D eigenvalue weighted by Crippen LogP contribution is -2.50. The predicted molar refractivity (Wildman–Crippen MR) is 64.2 cm³/mol. The molecule has 88 valence electrons. The smallest absolute Gasteiger partial charge is 0.0635 e. The Morgan fingerprint density at radius 1 is 1.53 bits per heavy atom. The van der Waals surface area contributed by atoms with Crippen molar-refractivity contribution in [1.29, 1.82) is 0 Å². The maximum atomic E-state index is 5.52. The molecule has 0 aliphatic carbocycles. The average molecular weight is 212 g/mol. The van der Waals surface area contributed by atoms with Crippen LogP contribution in [0.5, 0.6) is 0 Å². The van der Waals surface area contributed by atoms with Gasteiger partial charge in [0.15, 0.2) is 0 Å². The third-order valence-electron chi connectivity index (χ3n) is 2.73. The van der Waals surface area contributed by atoms with Crippen LogP contribution in [-0.2, 0) is 4.74 Å². The Morgan fingerprint density at radius 2 is 2.40 bits per heavy atom. The van der Waals surface area contributed by atoms with E-state index in [0.717, 1.165) is 39.4 Å². The van der Waals surface area contributed by atoms with Crippen LogP contribution in [0.15, 0.2) is 12.2 Å². The molecule has 1 saturated heterocycles. The number of hydrogen-bond acceptors (Lipinski definition) is 3. The Labute approximate surface area is 93.5 Å². The van der Waals surface area contributed by atoms with E-state index >= 15 is 0 Å². The molecule has 15 heavy (non-hydrogen) atoms. The van der Waals surface area contributed by atoms with Crippen molar-refractivity contribution in [3.05, 3.63) is 12.2 Å². The summed E-state index contributed by atoms with van der Waals surface area (Å²) in [4.78, 5) is 2.49. The fraction of sp³-hybridized carbons (Fsp3) is 0.833. The van der Waals surface area contributed by atoms with E-state index in [2.05, 4.69) is 36.2 Å². The van der Waals surface area contributed by atoms with Gasteiger partial charge in [-0.1, -0.05) is 19.1 Å². The first-order chi connectivity index (χ1) is 7.38. The zero-order valence-electron chi connectivity index (χ0n) is 10.0. The van der Waals surface area contributed by atoms with Crippen LogP contribution in [0.1, 0.15) is 20.3 Å². The molecule has 0 aromatic heterocycles. The van der Waals surface area contributed by atoms with Gasteiger partial charge in [-0.25, -0.2) is 0 Å². The van der Waals surface area contributed by atoms with E-state index < -0.39 is 0 Å². The second kappa shape index (κ2) is 7.85. The topological polar surface area (TPSA) is 24.5 Å². The summed E-state index contributed by atoms with van der Waals surface area (Å²) >= 11 is 0. The molecular formula is C12H24N2O. The zero-order valence-corrected chi connectivity index (χ0v) is 10.0. The van der Waals surface area contributed by atoms with Gasteiger partial charge in [0.05, 0.1) is 13.2 Å². The van der Waals surface area contributed by atoms with Gasteiger partial charge in [0.2, 0.25) is 0 Å². The van der Waals surface area contributed by atoms with Crippen molar-refractivity contribution in [2.75, 3.05) is 39.4 Å². The van der Waals surface area contributed by atoms with Crippen LogP contribution in [-0.4, -0.2) is 50.3 Å². The summed E-state index contributed by atoms with van der Waals surface area (Å²) in [7, 11) is 0. The highest BCUT2D eigenvalue weighted by atomic mass is 16.5. The minimum Gasteiger partial charge on any atom is -0.378 e. The highest BCUT2D eigenvalue weighted by molar-refractivity contribution is 4.86. The summed E-state index contributed by atoms with van der Waals surface area (Å²) in [6, 6.07) is 0.543. The number of nitrogens with zero attached hydrogens (tertiary/aromatic N) is 1. The van der Waals surface area contributed by atoms with Gasteiger partial charge < -0.3 is 10.1 Å². The SMILES string of the molecule is C/C=C/CN1CCOCC1CNCCC. The fourth-order valence-electron chi connectivity index (χ4n) is 1.80. The van der Waals surface area contributed by atoms with Crippen LogP contribution in [0, 0.1) is 0 Å². The molecule has 1 aliphatic heterocycles. The van der Waals surface area contributed by atoms with Crippen LogP contribution in [0.3, 0.4) is 0 Å². The highest BCUT2D eigenvalue weighted by Gasteiger charge is 2.20. The molecule has 1 aliphatic rings. The van der Waals surface area contributed by atoms with E-state index in [1.807, 2.05) is 0 Å². The maximum absolute atomic E-state index is 5.52. The molecule has 1 atom stereocenters. The fourth-order valence-corrected chi connectivity index (χ4v) is 1.80. The van der Waals surface area contributed by atoms with Crippen LogP contribution in [0.4, 0.5) is 0 Å². The number of allylic oxidation sites excluding steroid dienone is 1. The van der Waals surface area contributed by atoms with E-state index in [0.29, 0.717) is 6.04 Å². The summed E-state index contributed by atoms with van der Waals surface area (Å²) < 4.78 is 5.52. The molecule has 3 nitrogen and oxygen atoms in total. The summed E-state index contributed by atoms with van der Waals surface area (Å²) in [6.07, 6.45) is 5.53. The van der Waals surface area contributed by atoms with Crippen LogP contribution in [0.2, 0.25) is 0 Å². The number of ether oxygens (including phenoxy) is 1. The van der Waals surface area contributed by atoms with Gasteiger partial charge in [0.25, 0.3) is 0 Å². The first-order valence-electron chi connectivity index (χ1n) is 6.02. The van der Waals surface area contributed by atoms with Gasteiger partial charge in [-0.3, -0.25) is 4.90 Å². The Morgan fingerprint density at radius 3 is 3.13 bits per heavy atom. The molecular weight excluding hydrogens is 188 g/mol. The first-order valence-corrected chi connectivity index (χ1v) is 6.02. The molecule has 1 N–H and O–H groups in total. The number of morpholine rings is 1. The molecule has 0 saturated carbocycles. The lowest BCUT2D eigenvalue weighted by atomic mass is 10.2. The quantitative estimate of drug-likeness (QED) is 0.530. The predicted octanol–water partition coefficient (Wildman–Crippen LogP) is 1.26. The minimum atomic E-state index is 0.543. The van der Waals surface area contributed by atoms with Gasteiger partial charge in [0, 0.05) is 25.7 Å². The van der Waals surface area contributed by atoms with E-state index in [1.165, 1.54) is 6.42 Å². The first kappa shape index (κ1) is 12.7. The molecule has 1 fully saturated rings. The molecule has 1 rings (SSSR count). The van der Waals surface area contributed by atoms with E-state index in [-0.39, 0.29) is 0 Å². The average Bonchev–Trinajstić information content (AvgIpc) is 2.28. The Hall–Kier alpha value is -0.380. The minimum absolute atomic E-state index is 0.543. The standard InChI is InChI=1S/C12H24N2O/c1-3-5-7-14-8-9-15-11-12(14)10-13-6-4-2/h3,5,12-13H,4,6-11H2,1-2H3/b5-3+. The van der Waals surface area contributed by atoms with Gasteiger partial charge in [-0.2, -0.15) is 0 Å². The Kier molecular flexibility index (Phi) is 6.64. The Balaban J connectivity index is 2.28. The van der Waals surface area contributed by atoms with Crippen molar-refractivity contribution in [3.63, 3.8) is 0 Å². The third-order valence-corrected chi connectivity index (χ3v) is 2.73. The van der Waals surface area contributed by atoms with E-state index in [1.54, 1.807) is 0 Å². The monoisotopic (exact) mass is 212 g/mol. The molecule has 0 radical (unpaired) electrons. The van der Waals surface area contributed by atoms with E-state index in [9.17, 15) is 0 Å². The molecule has 0 aromatic rings. The zero-order chi connectivity index (χ0) is 10.9. The molecule has 0 spiro atoms. The van der Waals surface area contributed by atoms with Crippen molar-refractivity contribution in [2.45, 2.75) is 26.3 Å². The number of nitrogens with one attached hydrogen (secondary N) is 1. The number of rotatable bonds is 6. The molecule has 0 aromatic carbocycles. The summed E-state index contributed by atoms with van der Waals surface area (Å²) in [5, 5.41) is 3.47. The lowest BCUT2D eigenvalue weighted by Gasteiger charge is -2.35. The van der Waals surface area contributed by atoms with Gasteiger partial charge in [-0.15, -0.1) is 0 Å². The third kappa shape index (κ3) is 4.78.